The van der Waals surface area contributed by atoms with Crippen LogP contribution >= 0.6 is 11.6 Å². The number of aromatic nitrogens is 2. The minimum Gasteiger partial charge on any atom is -0.467 e. The van der Waals surface area contributed by atoms with Crippen LogP contribution < -0.4 is 15.8 Å². The fraction of sp³-hybridized carbons (Fsp3) is 0.263. The zero-order valence-corrected chi connectivity index (χ0v) is 15.0. The zero-order chi connectivity index (χ0) is 18.3. The number of benzene rings is 2. The molecule has 1 aliphatic rings. The molecule has 3 N–H and O–H groups in total. The molecule has 0 unspecified atom stereocenters. The van der Waals surface area contributed by atoms with Crippen molar-refractivity contribution < 1.29 is 9.13 Å². The van der Waals surface area contributed by atoms with E-state index >= 15 is 0 Å². The molecular weight excluding hydrogens is 355 g/mol. The molecule has 3 aromatic rings. The lowest BCUT2D eigenvalue weighted by molar-refractivity contribution is 0.382. The molecule has 1 saturated carbocycles. The Bertz CT molecular complexity index is 991. The van der Waals surface area contributed by atoms with Crippen molar-refractivity contribution in [2.45, 2.75) is 25.2 Å². The van der Waals surface area contributed by atoms with Gasteiger partial charge in [-0.2, -0.15) is 9.97 Å². The molecule has 1 aromatic heterocycles. The van der Waals surface area contributed by atoms with Crippen molar-refractivity contribution in [3.8, 4) is 6.01 Å². The SMILES string of the molecule is COc1nc(Nc2ccc(F)c(Cl)c2)c2cc(N)c(C3CCC3)cc2n1. The van der Waals surface area contributed by atoms with E-state index in [4.69, 9.17) is 22.1 Å². The van der Waals surface area contributed by atoms with E-state index in [0.717, 1.165) is 35.0 Å². The number of nitrogen functional groups attached to an aromatic ring is 1. The Morgan fingerprint density at radius 2 is 2.04 bits per heavy atom. The highest BCUT2D eigenvalue weighted by Gasteiger charge is 2.23. The van der Waals surface area contributed by atoms with Crippen LogP contribution in [0.2, 0.25) is 5.02 Å². The van der Waals surface area contributed by atoms with E-state index in [0.29, 0.717) is 17.4 Å². The second kappa shape index (κ2) is 6.61. The van der Waals surface area contributed by atoms with Crippen LogP contribution in [-0.2, 0) is 0 Å². The molecule has 0 saturated heterocycles. The second-order valence-electron chi connectivity index (χ2n) is 6.44. The van der Waals surface area contributed by atoms with Gasteiger partial charge in [0.2, 0.25) is 0 Å². The third-order valence-electron chi connectivity index (χ3n) is 4.79. The lowest BCUT2D eigenvalue weighted by Crippen LogP contribution is -2.11. The average Bonchev–Trinajstić information content (AvgIpc) is 2.57. The first-order chi connectivity index (χ1) is 12.5. The summed E-state index contributed by atoms with van der Waals surface area (Å²) in [5.41, 5.74) is 9.51. The summed E-state index contributed by atoms with van der Waals surface area (Å²) in [4.78, 5) is 8.83. The monoisotopic (exact) mass is 372 g/mol. The molecule has 0 spiro atoms. The van der Waals surface area contributed by atoms with Gasteiger partial charge in [-0.3, -0.25) is 0 Å². The van der Waals surface area contributed by atoms with Crippen LogP contribution in [0.15, 0.2) is 30.3 Å². The molecule has 0 atom stereocenters. The Balaban J connectivity index is 1.81. The fourth-order valence-corrected chi connectivity index (χ4v) is 3.34. The third kappa shape index (κ3) is 3.01. The van der Waals surface area contributed by atoms with Crippen LogP contribution in [0, 0.1) is 5.82 Å². The number of hydrogen-bond acceptors (Lipinski definition) is 5. The van der Waals surface area contributed by atoms with Gasteiger partial charge in [-0.15, -0.1) is 0 Å². The Hall–Kier alpha value is -2.60. The number of halogens is 2. The van der Waals surface area contributed by atoms with E-state index in [1.165, 1.54) is 25.7 Å². The van der Waals surface area contributed by atoms with Crippen LogP contribution in [0.25, 0.3) is 10.9 Å². The normalized spacial score (nSPS) is 14.3. The summed E-state index contributed by atoms with van der Waals surface area (Å²) in [6.07, 6.45) is 3.53. The molecule has 0 radical (unpaired) electrons. The van der Waals surface area contributed by atoms with Gasteiger partial charge < -0.3 is 15.8 Å². The van der Waals surface area contributed by atoms with E-state index < -0.39 is 5.82 Å². The number of methoxy groups -OCH3 is 1. The number of nitrogens with two attached hydrogens (primary N) is 1. The smallest absolute Gasteiger partial charge is 0.318 e. The average molecular weight is 373 g/mol. The molecule has 1 heterocycles. The second-order valence-corrected chi connectivity index (χ2v) is 6.85. The van der Waals surface area contributed by atoms with Gasteiger partial charge in [-0.05, 0) is 54.7 Å². The Kier molecular flexibility index (Phi) is 4.28. The quantitative estimate of drug-likeness (QED) is 0.629. The summed E-state index contributed by atoms with van der Waals surface area (Å²) in [5, 5.41) is 3.96. The van der Waals surface area contributed by atoms with E-state index in [1.807, 2.05) is 12.1 Å². The van der Waals surface area contributed by atoms with Gasteiger partial charge in [0.25, 0.3) is 0 Å². The zero-order valence-electron chi connectivity index (χ0n) is 14.2. The maximum atomic E-state index is 13.4. The first kappa shape index (κ1) is 16.8. The van der Waals surface area contributed by atoms with Crippen molar-refractivity contribution >= 4 is 39.7 Å². The maximum absolute atomic E-state index is 13.4. The van der Waals surface area contributed by atoms with Gasteiger partial charge in [-0.25, -0.2) is 4.39 Å². The van der Waals surface area contributed by atoms with E-state index in [-0.39, 0.29) is 11.0 Å². The molecule has 7 heteroatoms. The first-order valence-corrected chi connectivity index (χ1v) is 8.80. The van der Waals surface area contributed by atoms with Gasteiger partial charge >= 0.3 is 6.01 Å². The molecule has 134 valence electrons. The minimum absolute atomic E-state index is 0.0344. The number of hydrogen-bond donors (Lipinski definition) is 2. The van der Waals surface area contributed by atoms with Crippen molar-refractivity contribution in [2.24, 2.45) is 0 Å². The number of nitrogens with zero attached hydrogens (tertiary/aromatic N) is 2. The van der Waals surface area contributed by atoms with Crippen LogP contribution in [0.4, 0.5) is 21.6 Å². The lowest BCUT2D eigenvalue weighted by Gasteiger charge is -2.27. The molecule has 0 bridgehead atoms. The molecule has 1 fully saturated rings. The topological polar surface area (TPSA) is 73.1 Å². The largest absolute Gasteiger partial charge is 0.467 e. The van der Waals surface area contributed by atoms with Crippen molar-refractivity contribution in [3.63, 3.8) is 0 Å². The Morgan fingerprint density at radius 3 is 2.69 bits per heavy atom. The summed E-state index contributed by atoms with van der Waals surface area (Å²) in [5.74, 6) is 0.547. The summed E-state index contributed by atoms with van der Waals surface area (Å²) in [6.45, 7) is 0. The first-order valence-electron chi connectivity index (χ1n) is 8.42. The standard InChI is InChI=1S/C19H18ClFN4O/c1-26-19-24-17-9-12(10-3-2-4-10)16(22)8-13(17)18(25-19)23-11-5-6-15(21)14(20)7-11/h5-10H,2-4,22H2,1H3,(H,23,24,25). The Labute approximate surface area is 155 Å². The van der Waals surface area contributed by atoms with Gasteiger partial charge in [0.1, 0.15) is 11.6 Å². The van der Waals surface area contributed by atoms with Gasteiger partial charge in [0, 0.05) is 16.8 Å². The molecule has 0 amide bonds. The molecule has 2 aromatic carbocycles. The lowest BCUT2D eigenvalue weighted by atomic mass is 9.79. The number of nitrogens with one attached hydrogen (secondary N) is 1. The van der Waals surface area contributed by atoms with Gasteiger partial charge in [0.15, 0.2) is 0 Å². The Morgan fingerprint density at radius 1 is 1.23 bits per heavy atom. The van der Waals surface area contributed by atoms with Crippen LogP contribution in [0.1, 0.15) is 30.7 Å². The summed E-state index contributed by atoms with van der Waals surface area (Å²) in [6, 6.07) is 8.54. The van der Waals surface area contributed by atoms with Crippen LogP contribution in [0.3, 0.4) is 0 Å². The fourth-order valence-electron chi connectivity index (χ4n) is 3.16. The highest BCUT2D eigenvalue weighted by molar-refractivity contribution is 6.31. The molecule has 5 nitrogen and oxygen atoms in total. The molecule has 0 aliphatic heterocycles. The van der Waals surface area contributed by atoms with E-state index in [2.05, 4.69) is 15.3 Å². The molecular formula is C19H18ClFN4O. The number of fused-ring (bicyclic) bond motifs is 1. The van der Waals surface area contributed by atoms with E-state index in [1.54, 1.807) is 6.07 Å². The number of ether oxygens (including phenoxy) is 1. The number of anilines is 3. The van der Waals surface area contributed by atoms with Crippen molar-refractivity contribution in [2.75, 3.05) is 18.2 Å². The minimum atomic E-state index is -0.475. The molecule has 26 heavy (non-hydrogen) atoms. The highest BCUT2D eigenvalue weighted by atomic mass is 35.5. The third-order valence-corrected chi connectivity index (χ3v) is 5.08. The molecule has 1 aliphatic carbocycles. The van der Waals surface area contributed by atoms with Crippen molar-refractivity contribution in [3.05, 3.63) is 46.7 Å². The predicted octanol–water partition coefficient (Wildman–Crippen LogP) is 5.02. The molecule has 4 rings (SSSR count). The van der Waals surface area contributed by atoms with Gasteiger partial charge in [0.05, 0.1) is 17.6 Å². The van der Waals surface area contributed by atoms with Gasteiger partial charge in [-0.1, -0.05) is 18.0 Å². The summed E-state index contributed by atoms with van der Waals surface area (Å²) >= 11 is 5.87. The van der Waals surface area contributed by atoms with Crippen molar-refractivity contribution in [1.29, 1.82) is 0 Å². The number of rotatable bonds is 4. The highest BCUT2D eigenvalue weighted by Crippen LogP contribution is 2.41. The van der Waals surface area contributed by atoms with Crippen molar-refractivity contribution in [1.82, 2.24) is 9.97 Å². The van der Waals surface area contributed by atoms with Crippen LogP contribution in [-0.4, -0.2) is 17.1 Å². The summed E-state index contributed by atoms with van der Waals surface area (Å²) in [7, 11) is 1.52. The summed E-state index contributed by atoms with van der Waals surface area (Å²) < 4.78 is 18.6. The maximum Gasteiger partial charge on any atom is 0.318 e. The van der Waals surface area contributed by atoms with Crippen LogP contribution in [0.5, 0.6) is 6.01 Å². The van der Waals surface area contributed by atoms with E-state index in [9.17, 15) is 4.39 Å². The predicted molar refractivity (Wildman–Crippen MR) is 102 cm³/mol.